The van der Waals surface area contributed by atoms with Crippen molar-refractivity contribution in [1.29, 1.82) is 0 Å². The van der Waals surface area contributed by atoms with E-state index in [4.69, 9.17) is 28.9 Å². The van der Waals surface area contributed by atoms with Gasteiger partial charge in [0.05, 0.1) is 36.9 Å². The van der Waals surface area contributed by atoms with Crippen LogP contribution in [0.25, 0.3) is 0 Å². The molecule has 18 rings (SSSR count). The van der Waals surface area contributed by atoms with Crippen LogP contribution in [0.5, 0.6) is 0 Å². The Morgan fingerprint density at radius 1 is 0.520 bits per heavy atom. The summed E-state index contributed by atoms with van der Waals surface area (Å²) in [7, 11) is 14.8. The lowest BCUT2D eigenvalue weighted by Gasteiger charge is -2.59. The van der Waals surface area contributed by atoms with Crippen molar-refractivity contribution < 1.29 is 152 Å². The van der Waals surface area contributed by atoms with Crippen LogP contribution in [-0.4, -0.2) is 124 Å². The van der Waals surface area contributed by atoms with Gasteiger partial charge in [-0.1, -0.05) is 72.8 Å². The van der Waals surface area contributed by atoms with Crippen LogP contribution in [-0.2, 0) is 75.9 Å². The third-order valence-corrected chi connectivity index (χ3v) is 28.8. The number of alkyl halides is 4. The highest BCUT2D eigenvalue weighted by atomic mass is 127. The van der Waals surface area contributed by atoms with Gasteiger partial charge in [0, 0.05) is 53.3 Å². The largest absolute Gasteiger partial charge is 0.691 e. The molecule has 2 aliphatic heterocycles. The maximum Gasteiger partial charge on any atom is 0.415 e. The third-order valence-electron chi connectivity index (χ3n) is 22.4. The second-order valence-electron chi connectivity index (χ2n) is 28.1. The van der Waals surface area contributed by atoms with Crippen molar-refractivity contribution in [1.82, 2.24) is 0 Å². The second kappa shape index (κ2) is 32.9. The number of carbonyl (C=O) groups excluding carboxylic acids is 6. The predicted molar refractivity (Wildman–Crippen MR) is 341 cm³/mol. The van der Waals surface area contributed by atoms with Gasteiger partial charge in [-0.15, -0.1) is 0 Å². The van der Waals surface area contributed by atoms with E-state index in [-0.39, 0.29) is 95.6 Å². The first-order valence-electron chi connectivity index (χ1n) is 33.4. The summed E-state index contributed by atoms with van der Waals surface area (Å²) >= 11 is -1.46. The molecule has 6 radical (unpaired) electrons. The minimum Gasteiger partial charge on any atom is -0.691 e. The SMILES string of the molecule is CC1(OC(=O)C2C3CC4C(OC(=O)C42)C3O)C2CC3CC(C2)CC1C3.CC1(OC(=O)C2C3CC4C(OC(=O)C42)C3OC(=O)C(F)(F)SOO[O-])C2CC3CC(C2)CC1C3.COC(=O)C(F)(F)SOO[O-].[B]B([B])[B].c1ccc([I+]c2ccccc2)cc1.c1ccc([I+]c2ccccc2)cc1. The molecule has 14 fully saturated rings. The van der Waals surface area contributed by atoms with E-state index in [1.807, 2.05) is 6.92 Å². The van der Waals surface area contributed by atoms with Crippen LogP contribution in [0, 0.1) is 109 Å². The van der Waals surface area contributed by atoms with Crippen LogP contribution in [0.1, 0.15) is 90.9 Å². The fraction of sp³-hybridized carbons (Fsp3) is 0.565. The summed E-state index contributed by atoms with van der Waals surface area (Å²) in [6.45, 7) is 4.13. The lowest BCUT2D eigenvalue weighted by atomic mass is 9.08. The number of methoxy groups -OCH3 is 1. The van der Waals surface area contributed by atoms with E-state index in [2.05, 4.69) is 175 Å². The molecule has 31 heteroatoms. The first-order valence-corrected chi connectivity index (χ1v) is 39.2. The van der Waals surface area contributed by atoms with Gasteiger partial charge in [-0.25, -0.2) is 9.59 Å². The van der Waals surface area contributed by atoms with Crippen molar-refractivity contribution in [3.63, 3.8) is 0 Å². The molecule has 12 unspecified atom stereocenters. The molecule has 12 saturated carbocycles. The van der Waals surface area contributed by atoms with Gasteiger partial charge in [0.1, 0.15) is 53.6 Å². The van der Waals surface area contributed by atoms with Crippen molar-refractivity contribution in [3.05, 3.63) is 136 Å². The molecule has 4 aromatic carbocycles. The average Bonchev–Trinajstić information content (AvgIpc) is 1.67. The molecule has 2 heterocycles. The summed E-state index contributed by atoms with van der Waals surface area (Å²) in [6.07, 6.45) is 8.69. The number of fused-ring (bicyclic) bond motifs is 2. The van der Waals surface area contributed by atoms with Crippen LogP contribution in [0.4, 0.5) is 17.6 Å². The lowest BCUT2D eigenvalue weighted by Crippen LogP contribution is -3.61. The van der Waals surface area contributed by atoms with E-state index >= 15 is 0 Å². The van der Waals surface area contributed by atoms with Crippen molar-refractivity contribution >= 4 is 89.5 Å². The molecular weight excluding hydrogens is 1570 g/mol. The predicted octanol–water partition coefficient (Wildman–Crippen LogP) is 1.57. The number of halogens is 6. The van der Waals surface area contributed by atoms with E-state index in [9.17, 15) is 56.7 Å². The number of esters is 6. The molecular formula is C69H74B4F4I2O19S2. The first-order chi connectivity index (χ1) is 47.7. The zero-order chi connectivity index (χ0) is 71.4. The summed E-state index contributed by atoms with van der Waals surface area (Å²) < 4.78 is 96.8. The van der Waals surface area contributed by atoms with E-state index in [1.165, 1.54) is 52.8 Å². The van der Waals surface area contributed by atoms with E-state index in [0.717, 1.165) is 51.0 Å². The van der Waals surface area contributed by atoms with E-state index in [1.54, 1.807) is 0 Å². The molecule has 12 aliphatic carbocycles. The van der Waals surface area contributed by atoms with Gasteiger partial charge in [-0.05, 0) is 187 Å². The summed E-state index contributed by atoms with van der Waals surface area (Å²) in [6, 6.07) is 42.8. The molecule has 1 N–H and O–H groups in total. The second-order valence-corrected chi connectivity index (χ2v) is 35.8. The van der Waals surface area contributed by atoms with Crippen LogP contribution in [0.3, 0.4) is 0 Å². The maximum absolute atomic E-state index is 13.9. The number of benzene rings is 4. The van der Waals surface area contributed by atoms with Gasteiger partial charge in [-0.3, -0.25) is 29.3 Å². The topological polar surface area (TPSA) is 261 Å². The standard InChI is InChI=1S/C22H26F2O9S.C20H26O5.2C12H10I.C3H4F2O5S.B4/c1-21(10-3-8-2-9(5-10)6-11(21)4-8)31-19(26)15-13-7-12-14(15)18(25)29-16(12)17(13)30-20(27)22(23,24)34-33-32-28;1-20(10-3-8-2-9(5-10)6-11(20)4-8)25-19(23)14-12-7-13-15(14)18(22)24-17(13)16(12)21;2*1-3-7-11(8-4-1)13-12-9-5-2-6-10-12;1-8-2(6)3(4,5)11-10-9-7;1-4(2)3/h8-17,28H,2-7H2,1H3;8-17,21H,2-7H2,1H3;2*1-10H;7H,1H3;/q;;2*+1;;/p-2. The molecule has 0 aromatic heterocycles. The Bertz CT molecular complexity index is 3270. The fourth-order valence-electron chi connectivity index (χ4n) is 18.6. The van der Waals surface area contributed by atoms with Gasteiger partial charge in [0.25, 0.3) is 0 Å². The van der Waals surface area contributed by atoms with Crippen molar-refractivity contribution in [3.8, 4) is 0 Å². The monoisotopic (exact) mass is 1640 g/mol. The van der Waals surface area contributed by atoms with Gasteiger partial charge in [0.15, 0.2) is 14.3 Å². The Morgan fingerprint density at radius 3 is 1.19 bits per heavy atom. The number of hydrogen-bond acceptors (Lipinski definition) is 21. The van der Waals surface area contributed by atoms with Gasteiger partial charge >= 0.3 is 88.7 Å². The minimum absolute atomic E-state index is 0.0105. The average molecular weight is 1640 g/mol. The molecule has 2 saturated heterocycles. The molecule has 19 nitrogen and oxygen atoms in total. The van der Waals surface area contributed by atoms with Crippen LogP contribution >= 0.6 is 24.1 Å². The summed E-state index contributed by atoms with van der Waals surface area (Å²) in [5, 5.41) is 26.7. The van der Waals surface area contributed by atoms with Crippen LogP contribution in [0.2, 0.25) is 0 Å². The molecule has 100 heavy (non-hydrogen) atoms. The Labute approximate surface area is 611 Å². The van der Waals surface area contributed by atoms with E-state index in [0.29, 0.717) is 30.1 Å². The number of rotatable bonds is 17. The third kappa shape index (κ3) is 16.9. The van der Waals surface area contributed by atoms with Crippen LogP contribution < -0.4 is 52.9 Å². The van der Waals surface area contributed by atoms with E-state index < -0.39 is 118 Å². The molecule has 530 valence electrons. The summed E-state index contributed by atoms with van der Waals surface area (Å²) in [5.41, 5.74) is -0.987. The Morgan fingerprint density at radius 2 is 0.840 bits per heavy atom. The number of hydrogen-bond donors (Lipinski definition) is 1. The number of ether oxygens (including phenoxy) is 6. The quantitative estimate of drug-likeness (QED) is 0.0230. The molecule has 4 aromatic rings. The highest BCUT2D eigenvalue weighted by molar-refractivity contribution is 7.96. The zero-order valence-electron chi connectivity index (χ0n) is 54.8. The normalized spacial score (nSPS) is 35.3. The minimum atomic E-state index is -4.22. The Hall–Kier alpha value is -4.44. The zero-order valence-corrected chi connectivity index (χ0v) is 60.7. The molecule has 12 atom stereocenters. The molecule has 0 amide bonds. The van der Waals surface area contributed by atoms with Gasteiger partial charge < -0.3 is 44.0 Å². The van der Waals surface area contributed by atoms with Crippen molar-refractivity contribution in [2.24, 2.45) is 94.7 Å². The van der Waals surface area contributed by atoms with Gasteiger partial charge in [0.2, 0.25) is 0 Å². The highest BCUT2D eigenvalue weighted by Gasteiger charge is 2.73. The Kier molecular flexibility index (Phi) is 25.2. The van der Waals surface area contributed by atoms with Crippen molar-refractivity contribution in [2.45, 2.75) is 137 Å². The Balaban J connectivity index is 0.000000133. The van der Waals surface area contributed by atoms with Gasteiger partial charge in [-0.2, -0.15) is 26.2 Å². The number of carbonyl (C=O) groups is 6. The highest BCUT2D eigenvalue weighted by Crippen LogP contribution is 2.64. The smallest absolute Gasteiger partial charge is 0.415 e. The fourth-order valence-corrected chi connectivity index (χ4v) is 23.6. The lowest BCUT2D eigenvalue weighted by molar-refractivity contribution is -0.777. The number of aliphatic hydroxyl groups is 1. The molecule has 14 aliphatic rings. The number of aliphatic hydroxyl groups excluding tert-OH is 1. The molecule has 12 bridgehead atoms. The summed E-state index contributed by atoms with van der Waals surface area (Å²) in [4.78, 5) is 73.7. The first kappa shape index (κ1) is 76.7. The van der Waals surface area contributed by atoms with Crippen molar-refractivity contribution in [2.75, 3.05) is 7.11 Å². The van der Waals surface area contributed by atoms with Crippen LogP contribution in [0.15, 0.2) is 121 Å². The molecule has 0 spiro atoms. The summed E-state index contributed by atoms with van der Waals surface area (Å²) in [5.74, 6) is -4.67. The maximum atomic E-state index is 13.9.